The van der Waals surface area contributed by atoms with Gasteiger partial charge in [-0.2, -0.15) is 5.10 Å². The number of pyridine rings is 1. The summed E-state index contributed by atoms with van der Waals surface area (Å²) in [7, 11) is 0. The molecule has 6 nitrogen and oxygen atoms in total. The number of fused-ring (bicyclic) bond motifs is 1. The van der Waals surface area contributed by atoms with Crippen molar-refractivity contribution >= 4 is 5.91 Å². The number of aromatic nitrogens is 3. The molecular weight excluding hydrogens is 366 g/mol. The lowest BCUT2D eigenvalue weighted by Crippen LogP contribution is -2.35. The molecule has 1 N–H and O–H groups in total. The first-order chi connectivity index (χ1) is 13.5. The fourth-order valence-corrected chi connectivity index (χ4v) is 3.58. The Bertz CT molecular complexity index is 1070. The zero-order valence-electron chi connectivity index (χ0n) is 14.9. The van der Waals surface area contributed by atoms with Gasteiger partial charge in [0.2, 0.25) is 5.91 Å². The fraction of sp³-hybridized carbons (Fsp3) is 0.250. The van der Waals surface area contributed by atoms with Gasteiger partial charge in [0.1, 0.15) is 18.2 Å². The summed E-state index contributed by atoms with van der Waals surface area (Å²) in [6, 6.07) is 7.70. The molecule has 1 aliphatic carbocycles. The molecule has 1 atom stereocenters. The van der Waals surface area contributed by atoms with E-state index >= 15 is 0 Å². The molecular formula is C20H18F2N4O2. The van der Waals surface area contributed by atoms with Gasteiger partial charge in [0, 0.05) is 29.6 Å². The first-order valence-electron chi connectivity index (χ1n) is 8.99. The predicted octanol–water partition coefficient (Wildman–Crippen LogP) is 2.51. The Morgan fingerprint density at radius 3 is 2.75 bits per heavy atom. The molecule has 3 aromatic rings. The monoisotopic (exact) mass is 384 g/mol. The van der Waals surface area contributed by atoms with Gasteiger partial charge in [-0.05, 0) is 37.5 Å². The maximum absolute atomic E-state index is 13.6. The van der Waals surface area contributed by atoms with Gasteiger partial charge in [-0.25, -0.2) is 13.5 Å². The number of benzene rings is 1. The zero-order chi connectivity index (χ0) is 19.7. The van der Waals surface area contributed by atoms with E-state index in [1.165, 1.54) is 27.4 Å². The maximum atomic E-state index is 13.6. The van der Waals surface area contributed by atoms with Crippen molar-refractivity contribution in [2.75, 3.05) is 0 Å². The second-order valence-corrected chi connectivity index (χ2v) is 6.77. The van der Waals surface area contributed by atoms with E-state index < -0.39 is 11.6 Å². The van der Waals surface area contributed by atoms with Crippen LogP contribution in [0.3, 0.4) is 0 Å². The molecule has 4 rings (SSSR count). The molecule has 1 aliphatic rings. The van der Waals surface area contributed by atoms with Crippen LogP contribution in [0.1, 0.15) is 30.1 Å². The molecule has 28 heavy (non-hydrogen) atoms. The average Bonchev–Trinajstić information content (AvgIpc) is 3.08. The van der Waals surface area contributed by atoms with E-state index in [-0.39, 0.29) is 24.1 Å². The summed E-state index contributed by atoms with van der Waals surface area (Å²) in [6.45, 7) is -0.0747. The van der Waals surface area contributed by atoms with Crippen molar-refractivity contribution in [3.8, 4) is 5.69 Å². The molecule has 0 bridgehead atoms. The minimum absolute atomic E-state index is 0.0747. The number of hydrogen-bond donors (Lipinski definition) is 1. The highest BCUT2D eigenvalue weighted by Crippen LogP contribution is 2.31. The van der Waals surface area contributed by atoms with Crippen LogP contribution in [0.15, 0.2) is 53.6 Å². The fourth-order valence-electron chi connectivity index (χ4n) is 3.58. The normalized spacial score (nSPS) is 15.9. The molecule has 1 aromatic carbocycles. The topological polar surface area (TPSA) is 68.9 Å². The standard InChI is InChI=1S/C20H18F2N4O2/c21-13-8-14(22)10-15(9-13)26-18-5-3-4-17(16(18)11-23-26)24-19(27)12-25-7-2-1-6-20(25)28/h1-2,6-11,17H,3-5,12H2,(H,24,27). The lowest BCUT2D eigenvalue weighted by atomic mass is 9.93. The van der Waals surface area contributed by atoms with Crippen LogP contribution in [-0.4, -0.2) is 20.3 Å². The summed E-state index contributed by atoms with van der Waals surface area (Å²) in [5.74, 6) is -1.63. The number of nitrogens with zero attached hydrogens (tertiary/aromatic N) is 3. The summed E-state index contributed by atoms with van der Waals surface area (Å²) >= 11 is 0. The van der Waals surface area contributed by atoms with Gasteiger partial charge in [-0.1, -0.05) is 6.07 Å². The van der Waals surface area contributed by atoms with Gasteiger partial charge in [-0.3, -0.25) is 9.59 Å². The molecule has 8 heteroatoms. The van der Waals surface area contributed by atoms with E-state index in [4.69, 9.17) is 0 Å². The molecule has 0 radical (unpaired) electrons. The molecule has 1 unspecified atom stereocenters. The van der Waals surface area contributed by atoms with Gasteiger partial charge < -0.3 is 9.88 Å². The van der Waals surface area contributed by atoms with E-state index in [2.05, 4.69) is 10.4 Å². The maximum Gasteiger partial charge on any atom is 0.250 e. The van der Waals surface area contributed by atoms with Crippen molar-refractivity contribution in [3.05, 3.63) is 82.0 Å². The Balaban J connectivity index is 1.56. The molecule has 0 fully saturated rings. The van der Waals surface area contributed by atoms with E-state index in [0.717, 1.165) is 30.2 Å². The summed E-state index contributed by atoms with van der Waals surface area (Å²) in [4.78, 5) is 24.2. The molecule has 1 amide bonds. The second-order valence-electron chi connectivity index (χ2n) is 6.77. The second kappa shape index (κ2) is 7.38. The number of carbonyl (C=O) groups is 1. The van der Waals surface area contributed by atoms with E-state index in [1.807, 2.05) is 0 Å². The smallest absolute Gasteiger partial charge is 0.250 e. The quantitative estimate of drug-likeness (QED) is 0.752. The van der Waals surface area contributed by atoms with Crippen LogP contribution in [-0.2, 0) is 17.8 Å². The van der Waals surface area contributed by atoms with Crippen molar-refractivity contribution < 1.29 is 13.6 Å². The van der Waals surface area contributed by atoms with Crippen LogP contribution in [0, 0.1) is 11.6 Å². The van der Waals surface area contributed by atoms with Crippen molar-refractivity contribution in [2.45, 2.75) is 31.8 Å². The van der Waals surface area contributed by atoms with E-state index in [9.17, 15) is 18.4 Å². The highest BCUT2D eigenvalue weighted by Gasteiger charge is 2.26. The summed E-state index contributed by atoms with van der Waals surface area (Å²) in [5, 5.41) is 7.22. The highest BCUT2D eigenvalue weighted by atomic mass is 19.1. The lowest BCUT2D eigenvalue weighted by molar-refractivity contribution is -0.122. The van der Waals surface area contributed by atoms with E-state index in [0.29, 0.717) is 12.1 Å². The SMILES string of the molecule is O=C(Cn1ccccc1=O)NC1CCCc2c1cnn2-c1cc(F)cc(F)c1. The lowest BCUT2D eigenvalue weighted by Gasteiger charge is -2.24. The Labute approximate surface area is 159 Å². The number of carbonyl (C=O) groups excluding carboxylic acids is 1. The molecule has 2 aromatic heterocycles. The van der Waals surface area contributed by atoms with E-state index in [1.54, 1.807) is 24.5 Å². The van der Waals surface area contributed by atoms with Gasteiger partial charge >= 0.3 is 0 Å². The molecule has 0 spiro atoms. The number of amides is 1. The van der Waals surface area contributed by atoms with Crippen LogP contribution < -0.4 is 10.9 Å². The molecule has 0 saturated carbocycles. The first kappa shape index (κ1) is 18.1. The van der Waals surface area contributed by atoms with Gasteiger partial charge in [0.05, 0.1) is 17.9 Å². The zero-order valence-corrected chi connectivity index (χ0v) is 14.9. The Kier molecular flexibility index (Phi) is 4.77. The van der Waals surface area contributed by atoms with Crippen molar-refractivity contribution in [1.82, 2.24) is 19.7 Å². The predicted molar refractivity (Wildman–Crippen MR) is 98.0 cm³/mol. The Morgan fingerprint density at radius 1 is 1.21 bits per heavy atom. The number of nitrogens with one attached hydrogen (secondary N) is 1. The van der Waals surface area contributed by atoms with Crippen LogP contribution in [0.4, 0.5) is 8.78 Å². The Hall–Kier alpha value is -3.29. The average molecular weight is 384 g/mol. The van der Waals surface area contributed by atoms with Crippen molar-refractivity contribution in [2.24, 2.45) is 0 Å². The van der Waals surface area contributed by atoms with Crippen LogP contribution in [0.5, 0.6) is 0 Å². The van der Waals surface area contributed by atoms with Gasteiger partial charge in [-0.15, -0.1) is 0 Å². The number of hydrogen-bond acceptors (Lipinski definition) is 3. The van der Waals surface area contributed by atoms with Crippen LogP contribution in [0.2, 0.25) is 0 Å². The molecule has 2 heterocycles. The third kappa shape index (κ3) is 3.58. The van der Waals surface area contributed by atoms with Crippen molar-refractivity contribution in [3.63, 3.8) is 0 Å². The summed E-state index contributed by atoms with van der Waals surface area (Å²) in [6.07, 6.45) is 5.40. The van der Waals surface area contributed by atoms with Crippen molar-refractivity contribution in [1.29, 1.82) is 0 Å². The minimum Gasteiger partial charge on any atom is -0.348 e. The highest BCUT2D eigenvalue weighted by molar-refractivity contribution is 5.76. The summed E-state index contributed by atoms with van der Waals surface area (Å²) in [5.41, 5.74) is 1.70. The molecule has 0 saturated heterocycles. The van der Waals surface area contributed by atoms with Crippen LogP contribution in [0.25, 0.3) is 5.69 Å². The number of rotatable bonds is 4. The molecule has 0 aliphatic heterocycles. The number of halogens is 2. The van der Waals surface area contributed by atoms with Gasteiger partial charge in [0.25, 0.3) is 5.56 Å². The minimum atomic E-state index is -0.673. The van der Waals surface area contributed by atoms with Crippen LogP contribution >= 0.6 is 0 Å². The first-order valence-corrected chi connectivity index (χ1v) is 8.99. The summed E-state index contributed by atoms with van der Waals surface area (Å²) < 4.78 is 30.0. The van der Waals surface area contributed by atoms with Gasteiger partial charge in [0.15, 0.2) is 0 Å². The third-order valence-corrected chi connectivity index (χ3v) is 4.82. The Morgan fingerprint density at radius 2 is 2.00 bits per heavy atom. The molecule has 144 valence electrons. The largest absolute Gasteiger partial charge is 0.348 e. The third-order valence-electron chi connectivity index (χ3n) is 4.82.